The zero-order chi connectivity index (χ0) is 16.2. The number of nitrogens with zero attached hydrogens (tertiary/aromatic N) is 2. The number of hydrogen-bond acceptors (Lipinski definition) is 4. The number of benzene rings is 1. The van der Waals surface area contributed by atoms with Crippen LogP contribution < -0.4 is 5.32 Å². The number of carbonyl (C=O) groups excluding carboxylic acids is 2. The van der Waals surface area contributed by atoms with Gasteiger partial charge in [0.1, 0.15) is 5.76 Å². The van der Waals surface area contributed by atoms with Crippen molar-refractivity contribution in [3.63, 3.8) is 0 Å². The lowest BCUT2D eigenvalue weighted by atomic mass is 9.95. The van der Waals surface area contributed by atoms with Crippen molar-refractivity contribution in [2.45, 2.75) is 25.7 Å². The Morgan fingerprint density at radius 2 is 2.09 bits per heavy atom. The molecule has 1 aromatic carbocycles. The molecule has 1 N–H and O–H groups in total. The monoisotopic (exact) mass is 313 g/mol. The van der Waals surface area contributed by atoms with Gasteiger partial charge in [-0.3, -0.25) is 9.59 Å². The van der Waals surface area contributed by atoms with E-state index >= 15 is 0 Å². The largest absolute Gasteiger partial charge is 0.360 e. The van der Waals surface area contributed by atoms with Gasteiger partial charge in [-0.05, 0) is 25.0 Å². The zero-order valence-corrected chi connectivity index (χ0v) is 13.0. The Hall–Kier alpha value is -2.63. The van der Waals surface area contributed by atoms with E-state index in [1.807, 2.05) is 30.3 Å². The van der Waals surface area contributed by atoms with Crippen molar-refractivity contribution in [1.82, 2.24) is 10.1 Å². The maximum Gasteiger partial charge on any atom is 0.277 e. The number of para-hydroxylation sites is 1. The van der Waals surface area contributed by atoms with E-state index in [0.717, 1.165) is 19.4 Å². The smallest absolute Gasteiger partial charge is 0.277 e. The Balaban J connectivity index is 1.68. The summed E-state index contributed by atoms with van der Waals surface area (Å²) in [5.74, 6) is 0.522. The van der Waals surface area contributed by atoms with Crippen LogP contribution in [-0.4, -0.2) is 35.0 Å². The highest BCUT2D eigenvalue weighted by atomic mass is 16.5. The fourth-order valence-electron chi connectivity index (χ4n) is 2.80. The molecule has 2 heterocycles. The third-order valence-corrected chi connectivity index (χ3v) is 4.06. The van der Waals surface area contributed by atoms with Gasteiger partial charge in [0, 0.05) is 37.7 Å². The number of amides is 2. The number of carbonyl (C=O) groups is 2. The maximum absolute atomic E-state index is 12.2. The predicted octanol–water partition coefficient (Wildman–Crippen LogP) is 2.65. The number of anilines is 1. The quantitative estimate of drug-likeness (QED) is 0.945. The summed E-state index contributed by atoms with van der Waals surface area (Å²) in [6.07, 6.45) is 1.86. The molecular weight excluding hydrogens is 294 g/mol. The van der Waals surface area contributed by atoms with Gasteiger partial charge in [0.15, 0.2) is 5.69 Å². The first-order chi connectivity index (χ1) is 11.1. The van der Waals surface area contributed by atoms with Gasteiger partial charge in [0.2, 0.25) is 5.91 Å². The van der Waals surface area contributed by atoms with Crippen LogP contribution in [0.4, 0.5) is 5.69 Å². The second kappa shape index (κ2) is 6.64. The van der Waals surface area contributed by atoms with Crippen LogP contribution in [-0.2, 0) is 4.79 Å². The first-order valence-electron chi connectivity index (χ1n) is 7.72. The normalized spacial score (nSPS) is 17.8. The Labute approximate surface area is 134 Å². The number of hydrogen-bond donors (Lipinski definition) is 1. The first-order valence-corrected chi connectivity index (χ1v) is 7.72. The fourth-order valence-corrected chi connectivity index (χ4v) is 2.80. The van der Waals surface area contributed by atoms with E-state index in [4.69, 9.17) is 4.52 Å². The highest BCUT2D eigenvalue weighted by Crippen LogP contribution is 2.27. The summed E-state index contributed by atoms with van der Waals surface area (Å²) >= 11 is 0. The van der Waals surface area contributed by atoms with Crippen LogP contribution in [0.1, 0.15) is 41.9 Å². The van der Waals surface area contributed by atoms with Crippen LogP contribution >= 0.6 is 0 Å². The van der Waals surface area contributed by atoms with Crippen molar-refractivity contribution in [3.8, 4) is 0 Å². The van der Waals surface area contributed by atoms with Crippen molar-refractivity contribution in [2.75, 3.05) is 18.4 Å². The minimum Gasteiger partial charge on any atom is -0.360 e. The zero-order valence-electron chi connectivity index (χ0n) is 13.0. The Morgan fingerprint density at radius 3 is 2.83 bits per heavy atom. The van der Waals surface area contributed by atoms with Crippen molar-refractivity contribution < 1.29 is 14.1 Å². The lowest BCUT2D eigenvalue weighted by molar-refractivity contribution is -0.130. The van der Waals surface area contributed by atoms with E-state index in [1.54, 1.807) is 17.9 Å². The molecule has 0 saturated carbocycles. The van der Waals surface area contributed by atoms with Crippen LogP contribution in [0.15, 0.2) is 40.9 Å². The molecule has 1 aliphatic heterocycles. The topological polar surface area (TPSA) is 75.4 Å². The Bertz CT molecular complexity index is 696. The molecule has 1 aromatic heterocycles. The number of rotatable bonds is 3. The standard InChI is InChI=1S/C17H19N3O3/c1-12(21)20-9-5-6-13(11-20)16-10-15(19-23-16)17(22)18-14-7-3-2-4-8-14/h2-4,7-8,10,13H,5-6,9,11H2,1H3,(H,18,22). The van der Waals surface area contributed by atoms with E-state index in [1.165, 1.54) is 0 Å². The summed E-state index contributed by atoms with van der Waals surface area (Å²) in [6, 6.07) is 10.9. The van der Waals surface area contributed by atoms with Gasteiger partial charge in [0.25, 0.3) is 5.91 Å². The molecule has 1 aliphatic rings. The van der Waals surface area contributed by atoms with Crippen molar-refractivity contribution in [3.05, 3.63) is 47.9 Å². The van der Waals surface area contributed by atoms with Gasteiger partial charge in [-0.25, -0.2) is 0 Å². The van der Waals surface area contributed by atoms with Gasteiger partial charge >= 0.3 is 0 Å². The molecule has 1 fully saturated rings. The molecule has 120 valence electrons. The second-order valence-corrected chi connectivity index (χ2v) is 5.74. The SMILES string of the molecule is CC(=O)N1CCCC(c2cc(C(=O)Nc3ccccc3)no2)C1. The number of aromatic nitrogens is 1. The molecule has 1 saturated heterocycles. The van der Waals surface area contributed by atoms with E-state index in [0.29, 0.717) is 18.0 Å². The molecule has 0 aliphatic carbocycles. The predicted molar refractivity (Wildman–Crippen MR) is 85.1 cm³/mol. The molecule has 6 nitrogen and oxygen atoms in total. The minimum atomic E-state index is -0.301. The second-order valence-electron chi connectivity index (χ2n) is 5.74. The van der Waals surface area contributed by atoms with Crippen LogP contribution in [0.2, 0.25) is 0 Å². The lowest BCUT2D eigenvalue weighted by Crippen LogP contribution is -2.37. The van der Waals surface area contributed by atoms with Crippen molar-refractivity contribution >= 4 is 17.5 Å². The van der Waals surface area contributed by atoms with Gasteiger partial charge in [-0.15, -0.1) is 0 Å². The van der Waals surface area contributed by atoms with Gasteiger partial charge in [-0.2, -0.15) is 0 Å². The van der Waals surface area contributed by atoms with E-state index in [9.17, 15) is 9.59 Å². The molecule has 0 bridgehead atoms. The average molecular weight is 313 g/mol. The summed E-state index contributed by atoms with van der Waals surface area (Å²) in [7, 11) is 0. The Kier molecular flexibility index (Phi) is 4.41. The fraction of sp³-hybridized carbons (Fsp3) is 0.353. The average Bonchev–Trinajstić information content (AvgIpc) is 3.06. The number of piperidine rings is 1. The van der Waals surface area contributed by atoms with Crippen LogP contribution in [0, 0.1) is 0 Å². The van der Waals surface area contributed by atoms with Gasteiger partial charge < -0.3 is 14.7 Å². The van der Waals surface area contributed by atoms with E-state index < -0.39 is 0 Å². The molecule has 0 spiro atoms. The summed E-state index contributed by atoms with van der Waals surface area (Å²) in [5.41, 5.74) is 0.964. The van der Waals surface area contributed by atoms with Crippen LogP contribution in [0.3, 0.4) is 0 Å². The third kappa shape index (κ3) is 3.59. The Morgan fingerprint density at radius 1 is 1.30 bits per heavy atom. The molecule has 2 aromatic rings. The minimum absolute atomic E-state index is 0.0660. The highest BCUT2D eigenvalue weighted by molar-refractivity contribution is 6.02. The summed E-state index contributed by atoms with van der Waals surface area (Å²) in [4.78, 5) is 25.5. The molecule has 2 amide bonds. The maximum atomic E-state index is 12.2. The first kappa shape index (κ1) is 15.3. The van der Waals surface area contributed by atoms with E-state index in [2.05, 4.69) is 10.5 Å². The highest BCUT2D eigenvalue weighted by Gasteiger charge is 2.26. The van der Waals surface area contributed by atoms with Crippen molar-refractivity contribution in [2.24, 2.45) is 0 Å². The summed E-state index contributed by atoms with van der Waals surface area (Å²) in [6.45, 7) is 2.97. The summed E-state index contributed by atoms with van der Waals surface area (Å²) in [5, 5.41) is 6.64. The van der Waals surface area contributed by atoms with Crippen LogP contribution in [0.5, 0.6) is 0 Å². The third-order valence-electron chi connectivity index (χ3n) is 4.06. The van der Waals surface area contributed by atoms with Gasteiger partial charge in [-0.1, -0.05) is 23.4 Å². The summed E-state index contributed by atoms with van der Waals surface area (Å²) < 4.78 is 5.34. The molecular formula is C17H19N3O3. The molecule has 6 heteroatoms. The van der Waals surface area contributed by atoms with Gasteiger partial charge in [0.05, 0.1) is 0 Å². The number of nitrogens with one attached hydrogen (secondary N) is 1. The molecule has 0 radical (unpaired) electrons. The number of likely N-dealkylation sites (tertiary alicyclic amines) is 1. The van der Waals surface area contributed by atoms with Crippen LogP contribution in [0.25, 0.3) is 0 Å². The molecule has 1 atom stereocenters. The molecule has 23 heavy (non-hydrogen) atoms. The molecule has 1 unspecified atom stereocenters. The lowest BCUT2D eigenvalue weighted by Gasteiger charge is -2.30. The van der Waals surface area contributed by atoms with Crippen molar-refractivity contribution in [1.29, 1.82) is 0 Å². The van der Waals surface area contributed by atoms with E-state index in [-0.39, 0.29) is 23.4 Å². The molecule has 3 rings (SSSR count).